The number of ketones is 1. The summed E-state index contributed by atoms with van der Waals surface area (Å²) < 4.78 is 35.6. The van der Waals surface area contributed by atoms with Crippen molar-refractivity contribution in [3.05, 3.63) is 42.1 Å². The number of nitrogens with zero attached hydrogens (tertiary/aromatic N) is 3. The molecule has 192 valence electrons. The van der Waals surface area contributed by atoms with Crippen molar-refractivity contribution in [1.29, 1.82) is 5.26 Å². The Morgan fingerprint density at radius 2 is 1.95 bits per heavy atom. The minimum absolute atomic E-state index is 0.0132. The van der Waals surface area contributed by atoms with Crippen LogP contribution in [0.4, 0.5) is 14.5 Å². The summed E-state index contributed by atoms with van der Waals surface area (Å²) in [7, 11) is 0. The zero-order chi connectivity index (χ0) is 26.2. The summed E-state index contributed by atoms with van der Waals surface area (Å²) in [5.74, 6) is -4.23. The molecule has 0 bridgehead atoms. The summed E-state index contributed by atoms with van der Waals surface area (Å²) in [5, 5.41) is 12.5. The molecule has 0 spiro atoms. The summed E-state index contributed by atoms with van der Waals surface area (Å²) in [6, 6.07) is 9.96. The van der Waals surface area contributed by atoms with Crippen molar-refractivity contribution in [3.63, 3.8) is 0 Å². The van der Waals surface area contributed by atoms with E-state index >= 15 is 8.78 Å². The number of piperidine rings is 1. The molecular weight excluding hydrogens is 482 g/mol. The summed E-state index contributed by atoms with van der Waals surface area (Å²) >= 11 is 0. The second-order valence-corrected chi connectivity index (χ2v) is 9.91. The van der Waals surface area contributed by atoms with Crippen molar-refractivity contribution in [2.75, 3.05) is 18.4 Å². The maximum absolute atomic E-state index is 15.0. The number of hydrogen-bond acceptors (Lipinski definition) is 6. The summed E-state index contributed by atoms with van der Waals surface area (Å²) in [6.45, 7) is -0.697. The van der Waals surface area contributed by atoms with Gasteiger partial charge in [-0.2, -0.15) is 5.26 Å². The molecule has 1 aromatic heterocycles. The number of nitriles is 1. The number of Topliss-reactive ketones (excluding diaryl/α,β-unsaturated/α-hetero) is 1. The number of carbonyl (C=O) groups is 3. The van der Waals surface area contributed by atoms with Crippen molar-refractivity contribution in [1.82, 2.24) is 9.88 Å². The molecule has 0 radical (unpaired) electrons. The number of halogens is 2. The van der Waals surface area contributed by atoms with Gasteiger partial charge >= 0.3 is 5.92 Å². The monoisotopic (exact) mass is 508 g/mol. The van der Waals surface area contributed by atoms with Gasteiger partial charge in [0.1, 0.15) is 17.6 Å². The first kappa shape index (κ1) is 24.8. The van der Waals surface area contributed by atoms with Gasteiger partial charge in [0.25, 0.3) is 0 Å². The number of nitrogens with one attached hydrogen (secondary N) is 1. The van der Waals surface area contributed by atoms with Crippen molar-refractivity contribution in [2.45, 2.75) is 50.6 Å². The van der Waals surface area contributed by atoms with Gasteiger partial charge in [-0.05, 0) is 49.6 Å². The first-order valence-corrected chi connectivity index (χ1v) is 12.4. The van der Waals surface area contributed by atoms with E-state index in [0.29, 0.717) is 29.8 Å². The molecule has 2 amide bonds. The first-order chi connectivity index (χ1) is 17.7. The van der Waals surface area contributed by atoms with E-state index in [1.54, 1.807) is 24.4 Å². The lowest BCUT2D eigenvalue weighted by Crippen LogP contribution is -2.56. The van der Waals surface area contributed by atoms with Crippen LogP contribution >= 0.6 is 0 Å². The van der Waals surface area contributed by atoms with Crippen LogP contribution in [0.15, 0.2) is 36.5 Å². The quantitative estimate of drug-likeness (QED) is 0.632. The lowest BCUT2D eigenvalue weighted by molar-refractivity contribution is -0.163. The van der Waals surface area contributed by atoms with Gasteiger partial charge in [-0.3, -0.25) is 19.4 Å². The van der Waals surface area contributed by atoms with Crippen molar-refractivity contribution in [2.24, 2.45) is 11.8 Å². The second kappa shape index (κ2) is 9.88. The molecule has 37 heavy (non-hydrogen) atoms. The van der Waals surface area contributed by atoms with Gasteiger partial charge in [-0.1, -0.05) is 0 Å². The van der Waals surface area contributed by atoms with E-state index in [1.165, 1.54) is 12.1 Å². The largest absolute Gasteiger partial charge is 0.483 e. The zero-order valence-electron chi connectivity index (χ0n) is 20.1. The first-order valence-electron chi connectivity index (χ1n) is 12.4. The molecule has 5 rings (SSSR count). The molecule has 1 unspecified atom stereocenters. The Hall–Kier alpha value is -3.87. The number of likely N-dealkylation sites (tertiary alicyclic amines) is 1. The molecule has 8 nitrogen and oxygen atoms in total. The molecule has 1 saturated heterocycles. The van der Waals surface area contributed by atoms with Crippen LogP contribution in [-0.2, 0) is 14.4 Å². The predicted octanol–water partition coefficient (Wildman–Crippen LogP) is 3.95. The van der Waals surface area contributed by atoms with Gasteiger partial charge in [0.2, 0.25) is 11.8 Å². The van der Waals surface area contributed by atoms with E-state index in [4.69, 9.17) is 4.74 Å². The standard InChI is InChI=1S/C27H26F2N4O4/c28-27(29)15-33(26(36)18-3-5-21(34)12-18)10-8-24(27)37-23-6-4-17(11-19(23)14-30)22-13-20(7-9-31-22)32-25(35)16-1-2-16/h4,6-7,9,11,13,16,18,24H,1-3,5,8,10,12,15H2,(H,31,32,35)/t18?,24-/m0/s1. The Labute approximate surface area is 212 Å². The third-order valence-corrected chi connectivity index (χ3v) is 7.08. The lowest BCUT2D eigenvalue weighted by atomic mass is 9.99. The molecule has 3 aliphatic rings. The molecular formula is C27H26F2N4O4. The van der Waals surface area contributed by atoms with Crippen LogP contribution in [0.5, 0.6) is 5.75 Å². The molecule has 2 aliphatic carbocycles. The molecule has 10 heteroatoms. The summed E-state index contributed by atoms with van der Waals surface area (Å²) in [6.07, 6.45) is 2.54. The number of aromatic nitrogens is 1. The van der Waals surface area contributed by atoms with Gasteiger partial charge in [0, 0.05) is 55.1 Å². The Morgan fingerprint density at radius 1 is 1.14 bits per heavy atom. The number of amides is 2. The number of hydrogen-bond donors (Lipinski definition) is 1. The van der Waals surface area contributed by atoms with Crippen molar-refractivity contribution >= 4 is 23.3 Å². The van der Waals surface area contributed by atoms with Crippen LogP contribution in [0.2, 0.25) is 0 Å². The summed E-state index contributed by atoms with van der Waals surface area (Å²) in [4.78, 5) is 41.6. The fourth-order valence-corrected chi connectivity index (χ4v) is 4.82. The number of alkyl halides is 2. The van der Waals surface area contributed by atoms with Crippen LogP contribution < -0.4 is 10.1 Å². The van der Waals surface area contributed by atoms with Crippen molar-refractivity contribution < 1.29 is 27.9 Å². The van der Waals surface area contributed by atoms with Crippen LogP contribution in [0.3, 0.4) is 0 Å². The number of benzene rings is 1. The Balaban J connectivity index is 1.27. The second-order valence-electron chi connectivity index (χ2n) is 9.91. The SMILES string of the molecule is N#Cc1cc(-c2cc(NC(=O)C3CC3)ccn2)ccc1O[C@H]1CCN(C(=O)C2CCC(=O)C2)CC1(F)F. The lowest BCUT2D eigenvalue weighted by Gasteiger charge is -2.39. The zero-order valence-corrected chi connectivity index (χ0v) is 20.1. The molecule has 2 saturated carbocycles. The van der Waals surface area contributed by atoms with Gasteiger partial charge in [0.15, 0.2) is 6.10 Å². The van der Waals surface area contributed by atoms with Crippen LogP contribution in [0.25, 0.3) is 11.3 Å². The fourth-order valence-electron chi connectivity index (χ4n) is 4.82. The van der Waals surface area contributed by atoms with Crippen molar-refractivity contribution in [3.8, 4) is 23.1 Å². The van der Waals surface area contributed by atoms with E-state index in [2.05, 4.69) is 10.3 Å². The maximum Gasteiger partial charge on any atom is 0.301 e. The molecule has 1 aromatic carbocycles. The van der Waals surface area contributed by atoms with Crippen LogP contribution in [-0.4, -0.2) is 52.6 Å². The van der Waals surface area contributed by atoms with Crippen LogP contribution in [0, 0.1) is 23.2 Å². The number of pyridine rings is 1. The maximum atomic E-state index is 15.0. The van der Waals surface area contributed by atoms with Gasteiger partial charge < -0.3 is 15.0 Å². The van der Waals surface area contributed by atoms with Gasteiger partial charge in [-0.15, -0.1) is 0 Å². The molecule has 2 heterocycles. The highest BCUT2D eigenvalue weighted by molar-refractivity contribution is 5.94. The minimum Gasteiger partial charge on any atom is -0.483 e. The highest BCUT2D eigenvalue weighted by Gasteiger charge is 2.49. The van der Waals surface area contributed by atoms with E-state index in [1.807, 2.05) is 6.07 Å². The molecule has 3 fully saturated rings. The third kappa shape index (κ3) is 5.45. The highest BCUT2D eigenvalue weighted by atomic mass is 19.3. The average Bonchev–Trinajstić information content (AvgIpc) is 3.65. The number of rotatable bonds is 6. The number of anilines is 1. The topological polar surface area (TPSA) is 112 Å². The Bertz CT molecular complexity index is 1290. The smallest absolute Gasteiger partial charge is 0.301 e. The van der Waals surface area contributed by atoms with Crippen LogP contribution in [0.1, 0.15) is 44.1 Å². The van der Waals surface area contributed by atoms with E-state index in [-0.39, 0.29) is 48.3 Å². The van der Waals surface area contributed by atoms with E-state index in [9.17, 15) is 19.6 Å². The van der Waals surface area contributed by atoms with E-state index in [0.717, 1.165) is 17.7 Å². The number of carbonyl (C=O) groups excluding carboxylic acids is 3. The molecule has 2 atom stereocenters. The summed E-state index contributed by atoms with van der Waals surface area (Å²) in [5.41, 5.74) is 1.75. The Morgan fingerprint density at radius 3 is 2.62 bits per heavy atom. The third-order valence-electron chi connectivity index (χ3n) is 7.08. The van der Waals surface area contributed by atoms with Gasteiger partial charge in [-0.25, -0.2) is 8.78 Å². The molecule has 2 aromatic rings. The highest BCUT2D eigenvalue weighted by Crippen LogP contribution is 2.36. The molecule has 1 aliphatic heterocycles. The average molecular weight is 509 g/mol. The predicted molar refractivity (Wildman–Crippen MR) is 129 cm³/mol. The number of ether oxygens (including phenoxy) is 1. The van der Waals surface area contributed by atoms with E-state index < -0.39 is 30.4 Å². The Kier molecular flexibility index (Phi) is 6.63. The molecule has 1 N–H and O–H groups in total. The van der Waals surface area contributed by atoms with Gasteiger partial charge in [0.05, 0.1) is 17.8 Å². The normalized spacial score (nSPS) is 22.8. The minimum atomic E-state index is -3.32. The fraction of sp³-hybridized carbons (Fsp3) is 0.444.